The Morgan fingerprint density at radius 2 is 1.75 bits per heavy atom. The van der Waals surface area contributed by atoms with Gasteiger partial charge in [0.1, 0.15) is 52.1 Å². The van der Waals surface area contributed by atoms with Crippen molar-refractivity contribution in [1.29, 1.82) is 0 Å². The summed E-state index contributed by atoms with van der Waals surface area (Å²) in [7, 11) is -22.4. The summed E-state index contributed by atoms with van der Waals surface area (Å²) in [5.74, 6) is -3.09. The topological polar surface area (TPSA) is 432 Å². The fraction of sp³-hybridized carbons (Fsp3) is 0.652. The summed E-state index contributed by atoms with van der Waals surface area (Å²) in [5.41, 5.74) is 3.95. The van der Waals surface area contributed by atoms with Crippen LogP contribution in [0, 0.1) is 5.41 Å². The van der Waals surface area contributed by atoms with E-state index in [9.17, 15) is 70.8 Å². The number of fused-ring (bicyclic) bond motifs is 1. The van der Waals surface area contributed by atoms with Gasteiger partial charge in [0, 0.05) is 30.7 Å². The summed E-state index contributed by atoms with van der Waals surface area (Å²) in [4.78, 5) is 94.9. The lowest BCUT2D eigenvalue weighted by Crippen LogP contribution is -2.46. The maximum atomic E-state index is 12.5. The number of nitrogens with two attached hydrogens (primary N) is 1. The number of ether oxygens (including phenoxy) is 1. The predicted octanol–water partition coefficient (Wildman–Crippen LogP) is -5.32. The molecule has 0 bridgehead atoms. The highest BCUT2D eigenvalue weighted by Gasteiger charge is 2.47. The van der Waals surface area contributed by atoms with Crippen LogP contribution >= 0.6 is 35.2 Å². The molecular weight excluding hydrogens is 851 g/mol. The number of anilines is 1. The third-order valence-corrected chi connectivity index (χ3v) is 11.7. The van der Waals surface area contributed by atoms with E-state index in [4.69, 9.17) is 10.5 Å². The van der Waals surface area contributed by atoms with Crippen molar-refractivity contribution in [2.75, 3.05) is 43.5 Å². The van der Waals surface area contributed by atoms with Gasteiger partial charge in [-0.05, 0) is 0 Å². The molecule has 3 heterocycles. The second-order valence-corrected chi connectivity index (χ2v) is 18.5. The Balaban J connectivity index is 1.50. The molecule has 2 aromatic rings. The minimum atomic E-state index is -5.95. The number of amides is 2. The van der Waals surface area contributed by atoms with Crippen LogP contribution in [0.25, 0.3) is 11.2 Å². The smallest absolute Gasteiger partial charge is 0.274 e. The van der Waals surface area contributed by atoms with Crippen molar-refractivity contribution in [3.63, 3.8) is 0 Å². The Morgan fingerprint density at radius 1 is 1.09 bits per heavy atom. The van der Waals surface area contributed by atoms with Crippen molar-refractivity contribution in [1.82, 2.24) is 30.2 Å². The molecule has 32 heteroatoms. The summed E-state index contributed by atoms with van der Waals surface area (Å²) in [6.45, 7) is -0.500. The van der Waals surface area contributed by atoms with E-state index < -0.39 is 106 Å². The molecule has 6 N–H and O–H groups in total. The second kappa shape index (κ2) is 18.8. The number of thioether (sulfide) groups is 1. The summed E-state index contributed by atoms with van der Waals surface area (Å²) in [6, 6.07) is 0. The molecule has 2 amide bonds. The average molecular weight is 885 g/mol. The Bertz CT molecular complexity index is 1960. The molecule has 312 valence electrons. The SMILES string of the molecule is CC(C)(COP(=O)([O-])OP(=O)([O-])OC[C@H]1O[C@@H](n2cnc3c(N)ncnc32)[C@H](O)[C@@H]1OP(=O)([O-])[O-])[C@@H](O)C(=O)NCCC(=O)NCCSC(=O)CS(=O)(=O)[O-]. The van der Waals surface area contributed by atoms with Gasteiger partial charge in [0.2, 0.25) is 16.9 Å². The number of phosphoric ester groups is 3. The van der Waals surface area contributed by atoms with Crippen molar-refractivity contribution < 1.29 is 93.5 Å². The van der Waals surface area contributed by atoms with Gasteiger partial charge in [0.15, 0.2) is 17.7 Å². The van der Waals surface area contributed by atoms with Crippen molar-refractivity contribution in [2.45, 2.75) is 50.9 Å². The zero-order chi connectivity index (χ0) is 41.6. The van der Waals surface area contributed by atoms with Crippen LogP contribution in [0.2, 0.25) is 0 Å². The van der Waals surface area contributed by atoms with E-state index in [1.165, 1.54) is 0 Å². The number of carbonyl (C=O) groups excluding carboxylic acids is 3. The quantitative estimate of drug-likeness (QED) is 0.0444. The lowest BCUT2D eigenvalue weighted by atomic mass is 9.87. The molecule has 0 aromatic carbocycles. The number of nitrogen functional groups attached to an aromatic ring is 1. The first-order valence-electron chi connectivity index (χ1n) is 15.1. The molecule has 0 radical (unpaired) electrons. The van der Waals surface area contributed by atoms with Gasteiger partial charge in [0.05, 0.1) is 27.4 Å². The largest absolute Gasteiger partial charge is 0.790 e. The zero-order valence-corrected chi connectivity index (χ0v) is 32.6. The maximum Gasteiger partial charge on any atom is 0.274 e. The van der Waals surface area contributed by atoms with Crippen LogP contribution in [0.5, 0.6) is 0 Å². The molecule has 7 atom stereocenters. The van der Waals surface area contributed by atoms with Gasteiger partial charge in [-0.25, -0.2) is 27.7 Å². The summed E-state index contributed by atoms with van der Waals surface area (Å²) in [6.07, 6.45) is -7.93. The molecule has 1 saturated heterocycles. The molecular formula is C23H33N7O20P3S2-5. The fourth-order valence-electron chi connectivity index (χ4n) is 4.46. The Kier molecular flexibility index (Phi) is 16.0. The summed E-state index contributed by atoms with van der Waals surface area (Å²) in [5, 5.41) is 24.9. The number of carbonyl (C=O) groups is 3. The van der Waals surface area contributed by atoms with E-state index in [1.54, 1.807) is 0 Å². The second-order valence-electron chi connectivity index (χ2n) is 11.9. The summed E-state index contributed by atoms with van der Waals surface area (Å²) >= 11 is 0.506. The number of hydrogen-bond acceptors (Lipinski definition) is 25. The minimum absolute atomic E-state index is 0.0248. The molecule has 0 aliphatic carbocycles. The highest BCUT2D eigenvalue weighted by Crippen LogP contribution is 2.56. The molecule has 1 aliphatic rings. The van der Waals surface area contributed by atoms with Crippen molar-refractivity contribution in [2.24, 2.45) is 5.41 Å². The van der Waals surface area contributed by atoms with Gasteiger partial charge in [-0.15, -0.1) is 0 Å². The van der Waals surface area contributed by atoms with Gasteiger partial charge in [-0.3, -0.25) is 28.1 Å². The Labute approximate surface area is 314 Å². The molecule has 2 unspecified atom stereocenters. The van der Waals surface area contributed by atoms with Gasteiger partial charge in [-0.1, -0.05) is 25.6 Å². The van der Waals surface area contributed by atoms with Crippen LogP contribution in [0.15, 0.2) is 12.7 Å². The normalized spacial score (nSPS) is 22.1. The Morgan fingerprint density at radius 3 is 2.38 bits per heavy atom. The standard InChI is InChI=1S/C23H38N7O20P3S2/c1-23(2,18(34)21(35)26-4-3-13(31)25-5-6-54-14(32)8-55(43,44)45)9-47-53(41,42)50-52(39,40)46-7-12-17(49-51(36,37)38)16(33)22(48-12)30-11-29-15-19(24)27-10-28-20(15)30/h10-12,16-18,22,33-34H,3-9H2,1-2H3,(H,25,31)(H,26,35)(H,39,40)(H,41,42)(H2,24,27,28)(H2,36,37,38)(H,43,44,45)/p-5/t12-,16-,17-,18+,22-/m1/s1. The number of imidazole rings is 1. The fourth-order valence-corrected chi connectivity index (χ4v) is 8.68. The molecule has 1 fully saturated rings. The molecule has 0 saturated carbocycles. The van der Waals surface area contributed by atoms with Gasteiger partial charge < -0.3 is 73.6 Å². The molecule has 3 rings (SSSR count). The van der Waals surface area contributed by atoms with E-state index in [0.29, 0.717) is 11.8 Å². The average Bonchev–Trinajstić information content (AvgIpc) is 3.60. The van der Waals surface area contributed by atoms with Gasteiger partial charge in [0.25, 0.3) is 15.6 Å². The van der Waals surface area contributed by atoms with Crippen LogP contribution < -0.4 is 35.9 Å². The van der Waals surface area contributed by atoms with Crippen LogP contribution in [0.4, 0.5) is 5.82 Å². The zero-order valence-electron chi connectivity index (χ0n) is 28.3. The molecule has 27 nitrogen and oxygen atoms in total. The van der Waals surface area contributed by atoms with Crippen molar-refractivity contribution in [3.05, 3.63) is 12.7 Å². The van der Waals surface area contributed by atoms with Crippen molar-refractivity contribution >= 4 is 79.3 Å². The van der Waals surface area contributed by atoms with Crippen LogP contribution in [-0.2, 0) is 60.8 Å². The monoisotopic (exact) mass is 884 g/mol. The number of hydrogen-bond donors (Lipinski definition) is 5. The van der Waals surface area contributed by atoms with Gasteiger partial charge >= 0.3 is 0 Å². The highest BCUT2D eigenvalue weighted by atomic mass is 32.2. The third-order valence-electron chi connectivity index (χ3n) is 7.03. The lowest BCUT2D eigenvalue weighted by molar-refractivity contribution is -0.347. The highest BCUT2D eigenvalue weighted by molar-refractivity contribution is 8.14. The number of nitrogens with one attached hydrogen (secondary N) is 2. The van der Waals surface area contributed by atoms with Crippen LogP contribution in [0.1, 0.15) is 26.5 Å². The van der Waals surface area contributed by atoms with E-state index >= 15 is 0 Å². The van der Waals surface area contributed by atoms with Crippen LogP contribution in [-0.4, -0.2) is 122 Å². The van der Waals surface area contributed by atoms with Crippen molar-refractivity contribution in [3.8, 4) is 0 Å². The first-order chi connectivity index (χ1) is 25.2. The number of rotatable bonds is 21. The maximum absolute atomic E-state index is 12.5. The molecule has 1 aliphatic heterocycles. The van der Waals surface area contributed by atoms with Crippen LogP contribution in [0.3, 0.4) is 0 Å². The number of aromatic nitrogens is 4. The first-order valence-corrected chi connectivity index (χ1v) is 22.1. The molecule has 55 heavy (non-hydrogen) atoms. The lowest BCUT2D eigenvalue weighted by Gasteiger charge is -2.36. The number of phosphoric acid groups is 3. The minimum Gasteiger partial charge on any atom is -0.790 e. The summed E-state index contributed by atoms with van der Waals surface area (Å²) < 4.78 is 91.8. The predicted molar refractivity (Wildman–Crippen MR) is 173 cm³/mol. The number of aliphatic hydroxyl groups is 2. The third kappa shape index (κ3) is 14.7. The van der Waals surface area contributed by atoms with E-state index in [1.807, 2.05) is 0 Å². The van der Waals surface area contributed by atoms with E-state index in [2.05, 4.69) is 43.5 Å². The number of aliphatic hydroxyl groups excluding tert-OH is 2. The van der Waals surface area contributed by atoms with E-state index in [-0.39, 0.29) is 42.2 Å². The molecule has 2 aromatic heterocycles. The number of nitrogens with zero attached hydrogens (tertiary/aromatic N) is 4. The first kappa shape index (κ1) is 46.8. The van der Waals surface area contributed by atoms with Gasteiger partial charge in [-0.2, -0.15) is 0 Å². The van der Waals surface area contributed by atoms with E-state index in [0.717, 1.165) is 31.1 Å². The molecule has 0 spiro atoms. The Hall–Kier alpha value is -2.53.